The summed E-state index contributed by atoms with van der Waals surface area (Å²) in [5, 5.41) is 6.16. The van der Waals surface area contributed by atoms with Crippen LogP contribution in [0.4, 0.5) is 4.79 Å². The molecule has 1 heterocycles. The molecule has 1 aliphatic heterocycles. The van der Waals surface area contributed by atoms with E-state index in [2.05, 4.69) is 36.6 Å². The van der Waals surface area contributed by atoms with Gasteiger partial charge in [-0.05, 0) is 49.3 Å². The van der Waals surface area contributed by atoms with Crippen molar-refractivity contribution in [3.8, 4) is 5.75 Å². The Morgan fingerprint density at radius 3 is 2.60 bits per heavy atom. The summed E-state index contributed by atoms with van der Waals surface area (Å²) < 4.78 is 11.0. The molecule has 1 aromatic rings. The molecule has 5 heteroatoms. The van der Waals surface area contributed by atoms with E-state index in [1.165, 1.54) is 18.4 Å². The monoisotopic (exact) mass is 346 g/mol. The van der Waals surface area contributed by atoms with E-state index in [0.29, 0.717) is 12.6 Å². The van der Waals surface area contributed by atoms with E-state index in [1.807, 2.05) is 12.1 Å². The Labute approximate surface area is 150 Å². The van der Waals surface area contributed by atoms with Gasteiger partial charge in [-0.15, -0.1) is 0 Å². The Bertz CT molecular complexity index is 581. The van der Waals surface area contributed by atoms with Crippen molar-refractivity contribution in [3.63, 3.8) is 0 Å². The molecule has 1 aliphatic carbocycles. The normalized spacial score (nSPS) is 23.8. The van der Waals surface area contributed by atoms with Gasteiger partial charge < -0.3 is 20.1 Å². The molecule has 0 aromatic heterocycles. The lowest BCUT2D eigenvalue weighted by molar-refractivity contribution is -0.00915. The molecule has 1 saturated carbocycles. The van der Waals surface area contributed by atoms with Gasteiger partial charge >= 0.3 is 6.03 Å². The zero-order valence-corrected chi connectivity index (χ0v) is 15.5. The number of urea groups is 1. The Morgan fingerprint density at radius 2 is 1.96 bits per heavy atom. The number of benzene rings is 1. The molecule has 2 aliphatic rings. The third-order valence-electron chi connectivity index (χ3n) is 5.36. The van der Waals surface area contributed by atoms with Crippen LogP contribution in [-0.2, 0) is 10.2 Å². The third-order valence-corrected chi connectivity index (χ3v) is 5.36. The fourth-order valence-electron chi connectivity index (χ4n) is 3.44. The highest BCUT2D eigenvalue weighted by Crippen LogP contribution is 2.38. The number of nitrogens with one attached hydrogen (secondary N) is 2. The molecule has 138 valence electrons. The van der Waals surface area contributed by atoms with Gasteiger partial charge in [-0.3, -0.25) is 0 Å². The predicted molar refractivity (Wildman–Crippen MR) is 98.0 cm³/mol. The number of amides is 2. The zero-order chi connectivity index (χ0) is 17.9. The van der Waals surface area contributed by atoms with E-state index in [9.17, 15) is 4.79 Å². The molecule has 2 atom stereocenters. The molecule has 2 fully saturated rings. The molecule has 0 spiro atoms. The maximum absolute atomic E-state index is 12.3. The largest absolute Gasteiger partial charge is 0.497 e. The number of methoxy groups -OCH3 is 1. The van der Waals surface area contributed by atoms with Crippen molar-refractivity contribution >= 4 is 6.03 Å². The first-order valence-electron chi connectivity index (χ1n) is 9.28. The van der Waals surface area contributed by atoms with Crippen molar-refractivity contribution in [2.24, 2.45) is 5.92 Å². The average Bonchev–Trinajstić information content (AvgIpc) is 3.46. The SMILES string of the molecule is COc1ccc(C(C)(C)CNC(=O)N[C@H]2CCO[C@H](C3CC3)C2)cc1. The molecule has 0 unspecified atom stereocenters. The molecular formula is C20H30N2O3. The molecular weight excluding hydrogens is 316 g/mol. The van der Waals surface area contributed by atoms with E-state index in [-0.39, 0.29) is 17.5 Å². The van der Waals surface area contributed by atoms with Gasteiger partial charge in [0.15, 0.2) is 0 Å². The summed E-state index contributed by atoms with van der Waals surface area (Å²) >= 11 is 0. The van der Waals surface area contributed by atoms with Crippen molar-refractivity contribution in [1.82, 2.24) is 10.6 Å². The van der Waals surface area contributed by atoms with Crippen LogP contribution in [0.3, 0.4) is 0 Å². The van der Waals surface area contributed by atoms with Gasteiger partial charge in [0.1, 0.15) is 5.75 Å². The van der Waals surface area contributed by atoms with Crippen LogP contribution >= 0.6 is 0 Å². The summed E-state index contributed by atoms with van der Waals surface area (Å²) in [6.07, 6.45) is 4.74. The average molecular weight is 346 g/mol. The van der Waals surface area contributed by atoms with Gasteiger partial charge in [0.2, 0.25) is 0 Å². The number of ether oxygens (including phenoxy) is 2. The first-order valence-corrected chi connectivity index (χ1v) is 9.28. The highest BCUT2D eigenvalue weighted by atomic mass is 16.5. The Morgan fingerprint density at radius 1 is 1.24 bits per heavy atom. The minimum absolute atomic E-state index is 0.0805. The van der Waals surface area contributed by atoms with Crippen molar-refractivity contribution < 1.29 is 14.3 Å². The standard InChI is InChI=1S/C20H30N2O3/c1-20(2,15-6-8-17(24-3)9-7-15)13-21-19(23)22-16-10-11-25-18(12-16)14-4-5-14/h6-9,14,16,18H,4-5,10-13H2,1-3H3,(H2,21,22,23)/t16-,18-/m0/s1. The molecule has 0 bridgehead atoms. The number of carbonyl (C=O) groups excluding carboxylic acids is 1. The first kappa shape index (κ1) is 18.1. The summed E-state index contributed by atoms with van der Waals surface area (Å²) in [5.74, 6) is 1.57. The van der Waals surface area contributed by atoms with Crippen LogP contribution in [0.15, 0.2) is 24.3 Å². The lowest BCUT2D eigenvalue weighted by Gasteiger charge is -2.31. The van der Waals surface area contributed by atoms with Gasteiger partial charge in [0.25, 0.3) is 0 Å². The number of hydrogen-bond donors (Lipinski definition) is 2. The molecule has 1 aromatic carbocycles. The second kappa shape index (κ2) is 7.65. The lowest BCUT2D eigenvalue weighted by atomic mass is 9.84. The first-order chi connectivity index (χ1) is 12.0. The van der Waals surface area contributed by atoms with Crippen LogP contribution in [0.25, 0.3) is 0 Å². The number of rotatable bonds is 6. The summed E-state index contributed by atoms with van der Waals surface area (Å²) in [7, 11) is 1.66. The third kappa shape index (κ3) is 4.88. The van der Waals surface area contributed by atoms with E-state index < -0.39 is 0 Å². The fraction of sp³-hybridized carbons (Fsp3) is 0.650. The van der Waals surface area contributed by atoms with E-state index >= 15 is 0 Å². The van der Waals surface area contributed by atoms with Gasteiger partial charge in [-0.1, -0.05) is 26.0 Å². The quantitative estimate of drug-likeness (QED) is 0.831. The van der Waals surface area contributed by atoms with Gasteiger partial charge in [0.05, 0.1) is 13.2 Å². The maximum Gasteiger partial charge on any atom is 0.315 e. The second-order valence-electron chi connectivity index (χ2n) is 7.91. The summed E-state index contributed by atoms with van der Waals surface area (Å²) in [6, 6.07) is 8.16. The summed E-state index contributed by atoms with van der Waals surface area (Å²) in [6.45, 7) is 5.60. The van der Waals surface area contributed by atoms with Crippen molar-refractivity contribution in [3.05, 3.63) is 29.8 Å². The van der Waals surface area contributed by atoms with Gasteiger partial charge in [-0.2, -0.15) is 0 Å². The maximum atomic E-state index is 12.3. The van der Waals surface area contributed by atoms with Crippen molar-refractivity contribution in [2.45, 2.75) is 57.1 Å². The van der Waals surface area contributed by atoms with Crippen molar-refractivity contribution in [1.29, 1.82) is 0 Å². The van der Waals surface area contributed by atoms with Crippen LogP contribution in [0.2, 0.25) is 0 Å². The summed E-state index contributed by atoms with van der Waals surface area (Å²) in [4.78, 5) is 12.3. The highest BCUT2D eigenvalue weighted by molar-refractivity contribution is 5.74. The minimum atomic E-state index is -0.143. The number of hydrogen-bond acceptors (Lipinski definition) is 3. The lowest BCUT2D eigenvalue weighted by Crippen LogP contribution is -2.49. The molecule has 1 saturated heterocycles. The van der Waals surface area contributed by atoms with Crippen LogP contribution < -0.4 is 15.4 Å². The molecule has 2 N–H and O–H groups in total. The fourth-order valence-corrected chi connectivity index (χ4v) is 3.44. The van der Waals surface area contributed by atoms with Crippen LogP contribution in [0.1, 0.15) is 45.1 Å². The molecule has 0 radical (unpaired) electrons. The molecule has 5 nitrogen and oxygen atoms in total. The van der Waals surface area contributed by atoms with E-state index in [1.54, 1.807) is 7.11 Å². The van der Waals surface area contributed by atoms with Crippen LogP contribution in [-0.4, -0.2) is 38.4 Å². The molecule has 2 amide bonds. The topological polar surface area (TPSA) is 59.6 Å². The predicted octanol–water partition coefficient (Wildman–Crippen LogP) is 3.23. The Kier molecular flexibility index (Phi) is 5.52. The zero-order valence-electron chi connectivity index (χ0n) is 15.5. The molecule has 3 rings (SSSR count). The smallest absolute Gasteiger partial charge is 0.315 e. The Hall–Kier alpha value is -1.75. The Balaban J connectivity index is 1.47. The number of carbonyl (C=O) groups is 1. The van der Waals surface area contributed by atoms with Gasteiger partial charge in [0, 0.05) is 24.6 Å². The van der Waals surface area contributed by atoms with Crippen LogP contribution in [0, 0.1) is 5.92 Å². The minimum Gasteiger partial charge on any atom is -0.497 e. The van der Waals surface area contributed by atoms with E-state index in [0.717, 1.165) is 31.1 Å². The second-order valence-corrected chi connectivity index (χ2v) is 7.91. The molecule has 25 heavy (non-hydrogen) atoms. The van der Waals surface area contributed by atoms with Gasteiger partial charge in [-0.25, -0.2) is 4.79 Å². The van der Waals surface area contributed by atoms with Crippen LogP contribution in [0.5, 0.6) is 5.75 Å². The van der Waals surface area contributed by atoms with E-state index in [4.69, 9.17) is 9.47 Å². The summed E-state index contributed by atoms with van der Waals surface area (Å²) in [5.41, 5.74) is 1.03. The van der Waals surface area contributed by atoms with Crippen molar-refractivity contribution in [2.75, 3.05) is 20.3 Å². The highest BCUT2D eigenvalue weighted by Gasteiger charge is 2.36.